The van der Waals surface area contributed by atoms with Gasteiger partial charge in [-0.05, 0) is 31.2 Å². The maximum Gasteiger partial charge on any atom is 0.259 e. The fraction of sp³-hybridized carbons (Fsp3) is 0.231. The number of carbonyl (C=O) groups excluding carboxylic acids is 2. The number of rotatable bonds is 3. The van der Waals surface area contributed by atoms with Crippen LogP contribution in [0.1, 0.15) is 22.3 Å². The molecule has 2 rings (SSSR count). The van der Waals surface area contributed by atoms with Crippen molar-refractivity contribution in [3.63, 3.8) is 0 Å². The third-order valence-corrected chi connectivity index (χ3v) is 3.47. The van der Waals surface area contributed by atoms with Gasteiger partial charge in [0.15, 0.2) is 0 Å². The minimum Gasteiger partial charge on any atom is -0.326 e. The van der Waals surface area contributed by atoms with Gasteiger partial charge in [-0.3, -0.25) is 14.5 Å². The molecular formula is C13H14N4O2S. The van der Waals surface area contributed by atoms with Gasteiger partial charge in [0.1, 0.15) is 5.01 Å². The second-order valence-electron chi connectivity index (χ2n) is 4.23. The molecule has 0 fully saturated rings. The predicted molar refractivity (Wildman–Crippen MR) is 78.1 cm³/mol. The summed E-state index contributed by atoms with van der Waals surface area (Å²) in [6.45, 7) is 3.27. The molecule has 1 heterocycles. The normalized spacial score (nSPS) is 10.2. The molecule has 6 nitrogen and oxygen atoms in total. The van der Waals surface area contributed by atoms with Crippen LogP contribution in [-0.2, 0) is 4.79 Å². The average molecular weight is 290 g/mol. The number of anilines is 2. The van der Waals surface area contributed by atoms with Gasteiger partial charge < -0.3 is 5.32 Å². The van der Waals surface area contributed by atoms with Crippen molar-refractivity contribution in [3.8, 4) is 0 Å². The Morgan fingerprint density at radius 2 is 1.85 bits per heavy atom. The summed E-state index contributed by atoms with van der Waals surface area (Å²) in [6.07, 6.45) is 0. The van der Waals surface area contributed by atoms with Crippen molar-refractivity contribution in [1.82, 2.24) is 10.2 Å². The molecule has 0 aliphatic heterocycles. The minimum absolute atomic E-state index is 0.148. The Hall–Kier alpha value is -2.28. The van der Waals surface area contributed by atoms with Crippen LogP contribution in [0, 0.1) is 6.92 Å². The molecule has 0 aliphatic rings. The Bertz CT molecular complexity index is 636. The predicted octanol–water partition coefficient (Wildman–Crippen LogP) is 2.08. The maximum absolute atomic E-state index is 12.3. The molecule has 1 aromatic carbocycles. The number of nitrogens with one attached hydrogen (secondary N) is 1. The van der Waals surface area contributed by atoms with Crippen LogP contribution in [0.25, 0.3) is 0 Å². The molecule has 1 N–H and O–H groups in total. The lowest BCUT2D eigenvalue weighted by Crippen LogP contribution is -2.26. The van der Waals surface area contributed by atoms with Crippen LogP contribution in [0.5, 0.6) is 0 Å². The Morgan fingerprint density at radius 3 is 2.35 bits per heavy atom. The summed E-state index contributed by atoms with van der Waals surface area (Å²) in [5.74, 6) is -0.318. The zero-order chi connectivity index (χ0) is 14.7. The number of nitrogens with zero attached hydrogens (tertiary/aromatic N) is 3. The Labute approximate surface area is 120 Å². The van der Waals surface area contributed by atoms with E-state index in [0.717, 1.165) is 5.01 Å². The molecule has 0 atom stereocenters. The lowest BCUT2D eigenvalue weighted by molar-refractivity contribution is -0.114. The van der Waals surface area contributed by atoms with Gasteiger partial charge >= 0.3 is 0 Å². The van der Waals surface area contributed by atoms with Crippen molar-refractivity contribution in [1.29, 1.82) is 0 Å². The van der Waals surface area contributed by atoms with Crippen molar-refractivity contribution in [2.75, 3.05) is 17.3 Å². The first-order chi connectivity index (χ1) is 9.47. The van der Waals surface area contributed by atoms with Gasteiger partial charge in [0.2, 0.25) is 11.0 Å². The van der Waals surface area contributed by atoms with Gasteiger partial charge in [-0.2, -0.15) is 0 Å². The van der Waals surface area contributed by atoms with Gasteiger partial charge in [-0.1, -0.05) is 11.3 Å². The van der Waals surface area contributed by atoms with Gasteiger partial charge in [0.25, 0.3) is 5.91 Å². The van der Waals surface area contributed by atoms with E-state index in [1.165, 1.54) is 23.2 Å². The number of hydrogen-bond acceptors (Lipinski definition) is 5. The third-order valence-electron chi connectivity index (χ3n) is 2.56. The van der Waals surface area contributed by atoms with Crippen LogP contribution < -0.4 is 10.2 Å². The van der Waals surface area contributed by atoms with E-state index in [1.807, 2.05) is 6.92 Å². The van der Waals surface area contributed by atoms with Gasteiger partial charge in [-0.25, -0.2) is 0 Å². The molecule has 0 aliphatic carbocycles. The second-order valence-corrected chi connectivity index (χ2v) is 5.39. The van der Waals surface area contributed by atoms with E-state index in [9.17, 15) is 9.59 Å². The SMILES string of the molecule is CC(=O)Nc1ccc(C(=O)N(C)c2nnc(C)s2)cc1. The third kappa shape index (κ3) is 3.18. The lowest BCUT2D eigenvalue weighted by atomic mass is 10.2. The summed E-state index contributed by atoms with van der Waals surface area (Å²) >= 11 is 1.36. The fourth-order valence-electron chi connectivity index (χ4n) is 1.60. The van der Waals surface area contributed by atoms with Crippen LogP contribution in [0.2, 0.25) is 0 Å². The van der Waals surface area contributed by atoms with Crippen LogP contribution in [0.15, 0.2) is 24.3 Å². The number of carbonyl (C=O) groups is 2. The molecule has 0 bridgehead atoms. The Morgan fingerprint density at radius 1 is 1.20 bits per heavy atom. The summed E-state index contributed by atoms with van der Waals surface area (Å²) in [6, 6.07) is 6.71. The molecule has 2 amide bonds. The number of benzene rings is 1. The summed E-state index contributed by atoms with van der Waals surface area (Å²) in [4.78, 5) is 24.6. The first-order valence-electron chi connectivity index (χ1n) is 5.93. The van der Waals surface area contributed by atoms with E-state index in [-0.39, 0.29) is 11.8 Å². The van der Waals surface area contributed by atoms with Crippen LogP contribution in [0.4, 0.5) is 10.8 Å². The molecule has 0 saturated heterocycles. The molecule has 1 aromatic heterocycles. The highest BCUT2D eigenvalue weighted by Gasteiger charge is 2.16. The fourth-order valence-corrected chi connectivity index (χ4v) is 2.25. The van der Waals surface area contributed by atoms with Crippen molar-refractivity contribution in [2.24, 2.45) is 0 Å². The van der Waals surface area contributed by atoms with Gasteiger partial charge in [0.05, 0.1) is 0 Å². The molecule has 20 heavy (non-hydrogen) atoms. The van der Waals surface area contributed by atoms with E-state index in [4.69, 9.17) is 0 Å². The Kier molecular flexibility index (Phi) is 4.09. The summed E-state index contributed by atoms with van der Waals surface area (Å²) in [7, 11) is 1.66. The smallest absolute Gasteiger partial charge is 0.259 e. The van der Waals surface area contributed by atoms with E-state index in [1.54, 1.807) is 31.3 Å². The minimum atomic E-state index is -0.171. The molecule has 104 valence electrons. The Balaban J connectivity index is 2.14. The first-order valence-corrected chi connectivity index (χ1v) is 6.75. The van der Waals surface area contributed by atoms with E-state index >= 15 is 0 Å². The highest BCUT2D eigenvalue weighted by molar-refractivity contribution is 7.15. The quantitative estimate of drug-likeness (QED) is 0.939. The summed E-state index contributed by atoms with van der Waals surface area (Å²) in [5.41, 5.74) is 1.18. The monoisotopic (exact) mass is 290 g/mol. The largest absolute Gasteiger partial charge is 0.326 e. The highest BCUT2D eigenvalue weighted by atomic mass is 32.1. The van der Waals surface area contributed by atoms with Gasteiger partial charge in [0, 0.05) is 25.2 Å². The molecular weight excluding hydrogens is 276 g/mol. The molecule has 7 heteroatoms. The number of aromatic nitrogens is 2. The van der Waals surface area contributed by atoms with Crippen LogP contribution in [0.3, 0.4) is 0 Å². The number of aryl methyl sites for hydroxylation is 1. The van der Waals surface area contributed by atoms with E-state index in [0.29, 0.717) is 16.4 Å². The molecule has 0 saturated carbocycles. The van der Waals surface area contributed by atoms with Crippen molar-refractivity contribution in [3.05, 3.63) is 34.8 Å². The standard InChI is InChI=1S/C13H14N4O2S/c1-8(18)14-11-6-4-10(5-7-11)12(19)17(3)13-16-15-9(2)20-13/h4-7H,1-3H3,(H,14,18). The first kappa shape index (κ1) is 14.1. The maximum atomic E-state index is 12.3. The van der Waals surface area contributed by atoms with Crippen LogP contribution >= 0.6 is 11.3 Å². The van der Waals surface area contributed by atoms with Crippen molar-refractivity contribution >= 4 is 34.0 Å². The summed E-state index contributed by atoms with van der Waals surface area (Å²) < 4.78 is 0. The molecule has 0 spiro atoms. The molecule has 2 aromatic rings. The van der Waals surface area contributed by atoms with Crippen molar-refractivity contribution in [2.45, 2.75) is 13.8 Å². The summed E-state index contributed by atoms with van der Waals surface area (Å²) in [5, 5.41) is 11.8. The van der Waals surface area contributed by atoms with Crippen molar-refractivity contribution < 1.29 is 9.59 Å². The van der Waals surface area contributed by atoms with E-state index in [2.05, 4.69) is 15.5 Å². The second kappa shape index (κ2) is 5.79. The zero-order valence-electron chi connectivity index (χ0n) is 11.4. The number of amides is 2. The van der Waals surface area contributed by atoms with Gasteiger partial charge in [-0.15, -0.1) is 10.2 Å². The average Bonchev–Trinajstić information content (AvgIpc) is 2.84. The number of hydrogen-bond donors (Lipinski definition) is 1. The van der Waals surface area contributed by atoms with Crippen LogP contribution in [-0.4, -0.2) is 29.1 Å². The topological polar surface area (TPSA) is 75.2 Å². The zero-order valence-corrected chi connectivity index (χ0v) is 12.2. The molecule has 0 radical (unpaired) electrons. The lowest BCUT2D eigenvalue weighted by Gasteiger charge is -2.13. The molecule has 0 unspecified atom stereocenters. The highest BCUT2D eigenvalue weighted by Crippen LogP contribution is 2.20. The van der Waals surface area contributed by atoms with E-state index < -0.39 is 0 Å².